The second kappa shape index (κ2) is 7.17. The van der Waals surface area contributed by atoms with Gasteiger partial charge in [0.15, 0.2) is 0 Å². The molecule has 104 valence electrons. The molecule has 2 rings (SSSR count). The molecule has 0 atom stereocenters. The highest BCUT2D eigenvalue weighted by Gasteiger charge is 2.14. The third-order valence-electron chi connectivity index (χ3n) is 3.88. The molecular weight excluding hydrogens is 236 g/mol. The van der Waals surface area contributed by atoms with Crippen molar-refractivity contribution in [2.24, 2.45) is 0 Å². The van der Waals surface area contributed by atoms with Crippen LogP contribution in [-0.4, -0.2) is 11.9 Å². The van der Waals surface area contributed by atoms with E-state index in [0.717, 1.165) is 18.4 Å². The lowest BCUT2D eigenvalue weighted by Crippen LogP contribution is -2.36. The molecule has 0 bridgehead atoms. The van der Waals surface area contributed by atoms with Gasteiger partial charge < -0.3 is 11.1 Å². The van der Waals surface area contributed by atoms with Crippen molar-refractivity contribution in [2.45, 2.75) is 57.4 Å². The molecule has 1 aliphatic rings. The fourth-order valence-corrected chi connectivity index (χ4v) is 2.75. The Labute approximate surface area is 115 Å². The second-order valence-electron chi connectivity index (χ2n) is 5.49. The van der Waals surface area contributed by atoms with Gasteiger partial charge in [0.2, 0.25) is 5.91 Å². The van der Waals surface area contributed by atoms with Crippen molar-refractivity contribution in [1.29, 1.82) is 0 Å². The minimum absolute atomic E-state index is 0.100. The third kappa shape index (κ3) is 4.58. The first-order chi connectivity index (χ1) is 9.25. The van der Waals surface area contributed by atoms with Crippen LogP contribution in [0.15, 0.2) is 24.3 Å². The highest BCUT2D eigenvalue weighted by atomic mass is 16.1. The number of para-hydroxylation sites is 1. The van der Waals surface area contributed by atoms with E-state index in [2.05, 4.69) is 5.32 Å². The van der Waals surface area contributed by atoms with Gasteiger partial charge >= 0.3 is 0 Å². The van der Waals surface area contributed by atoms with Gasteiger partial charge in [-0.2, -0.15) is 0 Å². The number of benzene rings is 1. The number of nitrogen functional groups attached to an aromatic ring is 1. The van der Waals surface area contributed by atoms with E-state index >= 15 is 0 Å². The summed E-state index contributed by atoms with van der Waals surface area (Å²) in [4.78, 5) is 12.1. The molecule has 0 aromatic heterocycles. The zero-order chi connectivity index (χ0) is 13.5. The lowest BCUT2D eigenvalue weighted by atomic mass is 9.96. The van der Waals surface area contributed by atoms with Crippen LogP contribution in [0.25, 0.3) is 0 Å². The minimum Gasteiger partial charge on any atom is -0.398 e. The van der Waals surface area contributed by atoms with Gasteiger partial charge in [0, 0.05) is 11.7 Å². The Morgan fingerprint density at radius 1 is 1.11 bits per heavy atom. The molecule has 1 aromatic carbocycles. The van der Waals surface area contributed by atoms with Crippen LogP contribution in [-0.2, 0) is 11.2 Å². The maximum absolute atomic E-state index is 12.1. The maximum atomic E-state index is 12.1. The Morgan fingerprint density at radius 2 is 1.74 bits per heavy atom. The van der Waals surface area contributed by atoms with Gasteiger partial charge in [0.1, 0.15) is 0 Å². The summed E-state index contributed by atoms with van der Waals surface area (Å²) in [6.45, 7) is 0. The molecule has 0 heterocycles. The van der Waals surface area contributed by atoms with E-state index < -0.39 is 0 Å². The van der Waals surface area contributed by atoms with Crippen molar-refractivity contribution in [1.82, 2.24) is 5.32 Å². The summed E-state index contributed by atoms with van der Waals surface area (Å²) in [6.07, 6.45) is 9.06. The summed E-state index contributed by atoms with van der Waals surface area (Å²) < 4.78 is 0. The van der Waals surface area contributed by atoms with Crippen molar-refractivity contribution >= 4 is 11.6 Å². The molecule has 0 spiro atoms. The van der Waals surface area contributed by atoms with Crippen LogP contribution in [0, 0.1) is 0 Å². The summed E-state index contributed by atoms with van der Waals surface area (Å²) in [6, 6.07) is 7.95. The fraction of sp³-hybridized carbons (Fsp3) is 0.562. The van der Waals surface area contributed by atoms with E-state index in [1.807, 2.05) is 24.3 Å². The van der Waals surface area contributed by atoms with Crippen LogP contribution in [0.4, 0.5) is 5.69 Å². The van der Waals surface area contributed by atoms with E-state index in [0.29, 0.717) is 18.2 Å². The average molecular weight is 260 g/mol. The topological polar surface area (TPSA) is 55.1 Å². The largest absolute Gasteiger partial charge is 0.398 e. The van der Waals surface area contributed by atoms with Gasteiger partial charge in [0.25, 0.3) is 0 Å². The monoisotopic (exact) mass is 260 g/mol. The first kappa shape index (κ1) is 13.9. The van der Waals surface area contributed by atoms with Gasteiger partial charge in [-0.15, -0.1) is 0 Å². The van der Waals surface area contributed by atoms with Crippen molar-refractivity contribution < 1.29 is 4.79 Å². The highest BCUT2D eigenvalue weighted by Crippen LogP contribution is 2.17. The summed E-state index contributed by atoms with van der Waals surface area (Å²) in [5.41, 5.74) is 7.49. The predicted molar refractivity (Wildman–Crippen MR) is 78.8 cm³/mol. The summed E-state index contributed by atoms with van der Waals surface area (Å²) in [7, 11) is 0. The van der Waals surface area contributed by atoms with Gasteiger partial charge in [0.05, 0.1) is 6.42 Å². The number of carbonyl (C=O) groups is 1. The number of hydrogen-bond donors (Lipinski definition) is 2. The molecule has 3 nitrogen and oxygen atoms in total. The Balaban J connectivity index is 1.84. The zero-order valence-corrected chi connectivity index (χ0v) is 11.5. The third-order valence-corrected chi connectivity index (χ3v) is 3.88. The molecule has 1 aliphatic carbocycles. The standard InChI is InChI=1S/C16H24N2O/c17-15-11-7-6-8-13(15)12-16(19)18-14-9-4-2-1-3-5-10-14/h6-8,11,14H,1-5,9-10,12,17H2,(H,18,19). The van der Waals surface area contributed by atoms with Crippen LogP contribution in [0.2, 0.25) is 0 Å². The highest BCUT2D eigenvalue weighted by molar-refractivity contribution is 5.80. The van der Waals surface area contributed by atoms with Crippen LogP contribution >= 0.6 is 0 Å². The van der Waals surface area contributed by atoms with Crippen molar-refractivity contribution in [3.63, 3.8) is 0 Å². The van der Waals surface area contributed by atoms with Crippen LogP contribution in [0.3, 0.4) is 0 Å². The summed E-state index contributed by atoms with van der Waals surface area (Å²) >= 11 is 0. The molecule has 1 aromatic rings. The Bertz CT molecular complexity index is 409. The number of nitrogens with one attached hydrogen (secondary N) is 1. The molecular formula is C16H24N2O. The van der Waals surface area contributed by atoms with E-state index in [4.69, 9.17) is 5.73 Å². The van der Waals surface area contributed by atoms with Crippen molar-refractivity contribution in [3.05, 3.63) is 29.8 Å². The lowest BCUT2D eigenvalue weighted by Gasteiger charge is -2.21. The zero-order valence-electron chi connectivity index (χ0n) is 11.5. The Kier molecular flexibility index (Phi) is 5.25. The summed E-state index contributed by atoms with van der Waals surface area (Å²) in [5.74, 6) is 0.100. The smallest absolute Gasteiger partial charge is 0.224 e. The molecule has 0 unspecified atom stereocenters. The number of amides is 1. The van der Waals surface area contributed by atoms with Crippen molar-refractivity contribution in [2.75, 3.05) is 5.73 Å². The molecule has 0 radical (unpaired) electrons. The number of carbonyl (C=O) groups excluding carboxylic acids is 1. The van der Waals surface area contributed by atoms with E-state index in [-0.39, 0.29) is 5.91 Å². The van der Waals surface area contributed by atoms with E-state index in [9.17, 15) is 4.79 Å². The second-order valence-corrected chi connectivity index (χ2v) is 5.49. The number of rotatable bonds is 3. The first-order valence-corrected chi connectivity index (χ1v) is 7.38. The normalized spacial score (nSPS) is 17.5. The first-order valence-electron chi connectivity index (χ1n) is 7.38. The Morgan fingerprint density at radius 3 is 2.42 bits per heavy atom. The van der Waals surface area contributed by atoms with E-state index in [1.165, 1.54) is 32.1 Å². The maximum Gasteiger partial charge on any atom is 0.224 e. The van der Waals surface area contributed by atoms with Crippen LogP contribution in [0.1, 0.15) is 50.5 Å². The molecule has 0 saturated heterocycles. The quantitative estimate of drug-likeness (QED) is 0.821. The van der Waals surface area contributed by atoms with Crippen LogP contribution in [0.5, 0.6) is 0 Å². The molecule has 1 saturated carbocycles. The van der Waals surface area contributed by atoms with Crippen molar-refractivity contribution in [3.8, 4) is 0 Å². The average Bonchev–Trinajstić information content (AvgIpc) is 2.35. The number of nitrogens with two attached hydrogens (primary N) is 1. The predicted octanol–water partition coefficient (Wildman–Crippen LogP) is 3.04. The molecule has 0 aliphatic heterocycles. The van der Waals surface area contributed by atoms with Gasteiger partial charge in [-0.3, -0.25) is 4.79 Å². The summed E-state index contributed by atoms with van der Waals surface area (Å²) in [5, 5.41) is 3.17. The SMILES string of the molecule is Nc1ccccc1CC(=O)NC1CCCCCCC1. The Hall–Kier alpha value is -1.51. The molecule has 3 heteroatoms. The number of anilines is 1. The lowest BCUT2D eigenvalue weighted by molar-refractivity contribution is -0.121. The number of hydrogen-bond acceptors (Lipinski definition) is 2. The van der Waals surface area contributed by atoms with Gasteiger partial charge in [-0.25, -0.2) is 0 Å². The van der Waals surface area contributed by atoms with Crippen LogP contribution < -0.4 is 11.1 Å². The molecule has 1 fully saturated rings. The molecule has 19 heavy (non-hydrogen) atoms. The van der Waals surface area contributed by atoms with Gasteiger partial charge in [-0.1, -0.05) is 50.3 Å². The molecule has 3 N–H and O–H groups in total. The minimum atomic E-state index is 0.100. The van der Waals surface area contributed by atoms with E-state index in [1.54, 1.807) is 0 Å². The van der Waals surface area contributed by atoms with Gasteiger partial charge in [-0.05, 0) is 24.5 Å². The fourth-order valence-electron chi connectivity index (χ4n) is 2.75. The molecule has 1 amide bonds.